The highest BCUT2D eigenvalue weighted by molar-refractivity contribution is 7.81. The van der Waals surface area contributed by atoms with Crippen LogP contribution in [0, 0.1) is 0 Å². The van der Waals surface area contributed by atoms with Gasteiger partial charge in [0, 0.05) is 12.8 Å². The molecule has 4 nitrogen and oxygen atoms in total. The summed E-state index contributed by atoms with van der Waals surface area (Å²) >= 11 is 0. The first-order valence-corrected chi connectivity index (χ1v) is 10.3. The topological polar surface area (TPSA) is 52.6 Å². The van der Waals surface area contributed by atoms with E-state index in [4.69, 9.17) is 8.37 Å². The van der Waals surface area contributed by atoms with Crippen molar-refractivity contribution in [1.29, 1.82) is 0 Å². The highest BCUT2D eigenvalue weighted by Gasteiger charge is 2.41. The molecule has 0 N–H and O–H groups in total. The largest absolute Gasteiger partial charge is 0.401 e. The van der Waals surface area contributed by atoms with Gasteiger partial charge in [-0.25, -0.2) is 8.37 Å². The molecule has 0 amide bonds. The third-order valence-corrected chi connectivity index (χ3v) is 6.39. The van der Waals surface area contributed by atoms with Gasteiger partial charge in [0.1, 0.15) is 11.2 Å². The van der Waals surface area contributed by atoms with Crippen LogP contribution in [-0.4, -0.2) is 8.42 Å². The first kappa shape index (κ1) is 18.2. The molecule has 0 heterocycles. The average molecular weight is 382 g/mol. The summed E-state index contributed by atoms with van der Waals surface area (Å²) < 4.78 is 37.1. The summed E-state index contributed by atoms with van der Waals surface area (Å²) in [6, 6.07) is 15.3. The number of benzene rings is 2. The molecule has 5 heteroatoms. The lowest BCUT2D eigenvalue weighted by molar-refractivity contribution is 0.0222. The fraction of sp³-hybridized carbons (Fsp3) is 0.273. The Balaban J connectivity index is 1.64. The molecule has 4 rings (SSSR count). The van der Waals surface area contributed by atoms with E-state index in [0.29, 0.717) is 12.8 Å². The van der Waals surface area contributed by atoms with Crippen LogP contribution in [0.5, 0.6) is 0 Å². The van der Waals surface area contributed by atoms with Gasteiger partial charge in [-0.2, -0.15) is 8.42 Å². The Kier molecular flexibility index (Phi) is 4.34. The highest BCUT2D eigenvalue weighted by atomic mass is 32.3. The molecule has 0 aliphatic heterocycles. The van der Waals surface area contributed by atoms with E-state index in [2.05, 4.69) is 0 Å². The Morgan fingerprint density at radius 1 is 0.741 bits per heavy atom. The van der Waals surface area contributed by atoms with E-state index in [0.717, 1.165) is 22.3 Å². The van der Waals surface area contributed by atoms with Crippen LogP contribution in [-0.2, 0) is 30.0 Å². The Morgan fingerprint density at radius 2 is 1.15 bits per heavy atom. The summed E-state index contributed by atoms with van der Waals surface area (Å²) in [5, 5.41) is 0. The lowest BCUT2D eigenvalue weighted by Crippen LogP contribution is -2.37. The van der Waals surface area contributed by atoms with Gasteiger partial charge in [0.15, 0.2) is 0 Å². The average Bonchev–Trinajstić information content (AvgIpc) is 2.61. The SMILES string of the molecule is CC1(OS(=O)(=O)OC2(C)CC=Cc3ccccc32)CC=Cc2ccccc21. The lowest BCUT2D eigenvalue weighted by Gasteiger charge is -2.36. The van der Waals surface area contributed by atoms with Gasteiger partial charge in [-0.15, -0.1) is 0 Å². The molecule has 0 aromatic heterocycles. The van der Waals surface area contributed by atoms with E-state index in [-0.39, 0.29) is 0 Å². The standard InChI is InChI=1S/C22H22O4S/c1-21(15-7-11-17-9-3-5-13-19(17)21)25-27(23,24)26-22(2)16-8-12-18-10-4-6-14-20(18)22/h3-14H,15-16H2,1-2H3. The maximum atomic E-state index is 12.9. The van der Waals surface area contributed by atoms with Gasteiger partial charge in [0.2, 0.25) is 0 Å². The molecule has 0 radical (unpaired) electrons. The molecule has 0 saturated heterocycles. The Morgan fingerprint density at radius 3 is 1.59 bits per heavy atom. The van der Waals surface area contributed by atoms with E-state index in [1.165, 1.54) is 0 Å². The van der Waals surface area contributed by atoms with Gasteiger partial charge in [-0.3, -0.25) is 0 Å². The van der Waals surface area contributed by atoms with Crippen molar-refractivity contribution < 1.29 is 16.8 Å². The Labute approximate surface area is 160 Å². The predicted molar refractivity (Wildman–Crippen MR) is 106 cm³/mol. The minimum Gasteiger partial charge on any atom is -0.237 e. The van der Waals surface area contributed by atoms with Crippen LogP contribution in [0.15, 0.2) is 60.7 Å². The van der Waals surface area contributed by atoms with Gasteiger partial charge < -0.3 is 0 Å². The molecule has 0 fully saturated rings. The van der Waals surface area contributed by atoms with Crippen molar-refractivity contribution in [2.24, 2.45) is 0 Å². The molecule has 0 bridgehead atoms. The molecular formula is C22H22O4S. The maximum absolute atomic E-state index is 12.9. The zero-order chi connectivity index (χ0) is 19.1. The van der Waals surface area contributed by atoms with E-state index in [1.54, 1.807) is 13.8 Å². The van der Waals surface area contributed by atoms with Crippen LogP contribution in [0.3, 0.4) is 0 Å². The molecule has 0 spiro atoms. The van der Waals surface area contributed by atoms with Crippen LogP contribution in [0.25, 0.3) is 12.2 Å². The normalized spacial score (nSPS) is 26.4. The van der Waals surface area contributed by atoms with Gasteiger partial charge in [0.25, 0.3) is 0 Å². The maximum Gasteiger partial charge on any atom is 0.401 e. The third kappa shape index (κ3) is 3.38. The van der Waals surface area contributed by atoms with E-state index < -0.39 is 21.6 Å². The van der Waals surface area contributed by atoms with Crippen molar-refractivity contribution in [2.45, 2.75) is 37.9 Å². The minimum absolute atomic E-state index is 0.458. The zero-order valence-electron chi connectivity index (χ0n) is 15.4. The molecule has 0 saturated carbocycles. The molecule has 2 aromatic carbocycles. The van der Waals surface area contributed by atoms with Crippen molar-refractivity contribution in [2.75, 3.05) is 0 Å². The minimum atomic E-state index is -4.25. The van der Waals surface area contributed by atoms with Crippen molar-refractivity contribution >= 4 is 22.6 Å². The number of fused-ring (bicyclic) bond motifs is 2. The van der Waals surface area contributed by atoms with Crippen LogP contribution in [0.4, 0.5) is 0 Å². The van der Waals surface area contributed by atoms with Crippen molar-refractivity contribution in [3.63, 3.8) is 0 Å². The number of hydrogen-bond acceptors (Lipinski definition) is 4. The van der Waals surface area contributed by atoms with Gasteiger partial charge in [0.05, 0.1) is 0 Å². The fourth-order valence-electron chi connectivity index (χ4n) is 3.91. The van der Waals surface area contributed by atoms with Crippen LogP contribution in [0.1, 0.15) is 48.9 Å². The molecule has 2 aliphatic carbocycles. The highest BCUT2D eigenvalue weighted by Crippen LogP contribution is 2.42. The van der Waals surface area contributed by atoms with Crippen molar-refractivity contribution in [3.8, 4) is 0 Å². The van der Waals surface area contributed by atoms with Gasteiger partial charge in [-0.1, -0.05) is 72.8 Å². The van der Waals surface area contributed by atoms with Crippen molar-refractivity contribution in [3.05, 3.63) is 82.9 Å². The Bertz CT molecular complexity index is 960. The second-order valence-electron chi connectivity index (χ2n) is 7.42. The van der Waals surface area contributed by atoms with E-state index in [1.807, 2.05) is 72.8 Å². The lowest BCUT2D eigenvalue weighted by atomic mass is 9.85. The monoisotopic (exact) mass is 382 g/mol. The molecular weight excluding hydrogens is 360 g/mol. The summed E-state index contributed by atoms with van der Waals surface area (Å²) in [6.45, 7) is 3.57. The smallest absolute Gasteiger partial charge is 0.237 e. The number of hydrogen-bond donors (Lipinski definition) is 0. The first-order chi connectivity index (χ1) is 12.8. The van der Waals surface area contributed by atoms with Crippen LogP contribution in [0.2, 0.25) is 0 Å². The van der Waals surface area contributed by atoms with Crippen LogP contribution < -0.4 is 0 Å². The van der Waals surface area contributed by atoms with Crippen LogP contribution >= 0.6 is 0 Å². The van der Waals surface area contributed by atoms with Gasteiger partial charge >= 0.3 is 10.4 Å². The third-order valence-electron chi connectivity index (χ3n) is 5.24. The summed E-state index contributed by atoms with van der Waals surface area (Å²) in [5.41, 5.74) is 1.61. The number of rotatable bonds is 4. The van der Waals surface area contributed by atoms with E-state index >= 15 is 0 Å². The molecule has 140 valence electrons. The zero-order valence-corrected chi connectivity index (χ0v) is 16.2. The summed E-state index contributed by atoms with van der Waals surface area (Å²) in [5.74, 6) is 0. The first-order valence-electron chi connectivity index (χ1n) is 9.00. The molecule has 2 unspecified atom stereocenters. The van der Waals surface area contributed by atoms with Crippen molar-refractivity contribution in [1.82, 2.24) is 0 Å². The second-order valence-corrected chi connectivity index (χ2v) is 8.57. The molecule has 2 atom stereocenters. The molecule has 2 aliphatic rings. The predicted octanol–water partition coefficient (Wildman–Crippen LogP) is 4.93. The summed E-state index contributed by atoms with van der Waals surface area (Å²) in [7, 11) is -4.25. The summed E-state index contributed by atoms with van der Waals surface area (Å²) in [4.78, 5) is 0. The Hall–Kier alpha value is -2.21. The summed E-state index contributed by atoms with van der Waals surface area (Å²) in [6.07, 6.45) is 8.74. The molecule has 27 heavy (non-hydrogen) atoms. The molecule has 2 aromatic rings. The van der Waals surface area contributed by atoms with Gasteiger partial charge in [-0.05, 0) is 36.1 Å². The quantitative estimate of drug-likeness (QED) is 0.752. The second kappa shape index (κ2) is 6.44. The fourth-order valence-corrected chi connectivity index (χ4v) is 5.17. The van der Waals surface area contributed by atoms with E-state index in [9.17, 15) is 8.42 Å².